The fourth-order valence-corrected chi connectivity index (χ4v) is 2.21. The quantitative estimate of drug-likeness (QED) is 0.270. The van der Waals surface area contributed by atoms with E-state index in [4.69, 9.17) is 9.47 Å². The Morgan fingerprint density at radius 3 is 1.43 bits per heavy atom. The Hall–Kier alpha value is -3.76. The summed E-state index contributed by atoms with van der Waals surface area (Å²) in [6.45, 7) is 0. The van der Waals surface area contributed by atoms with Crippen LogP contribution in [0.1, 0.15) is 20.7 Å². The first kappa shape index (κ1) is 20.6. The lowest BCUT2D eigenvalue weighted by Gasteiger charge is -2.10. The molecule has 2 aromatic carbocycles. The van der Waals surface area contributed by atoms with Crippen LogP contribution in [0.15, 0.2) is 58.5 Å². The number of benzene rings is 2. The van der Waals surface area contributed by atoms with Crippen LogP contribution in [0.2, 0.25) is 0 Å². The second-order valence-electron chi connectivity index (χ2n) is 5.16. The number of para-hydroxylation sites is 2. The molecule has 0 bridgehead atoms. The van der Waals surface area contributed by atoms with Crippen LogP contribution in [0.4, 0.5) is 11.4 Å². The van der Waals surface area contributed by atoms with Crippen molar-refractivity contribution in [2.45, 2.75) is 0 Å². The van der Waals surface area contributed by atoms with Crippen molar-refractivity contribution in [1.29, 1.82) is 0 Å². The van der Waals surface area contributed by atoms with Gasteiger partial charge in [0.15, 0.2) is 11.7 Å². The average molecular weight is 386 g/mol. The second kappa shape index (κ2) is 9.80. The van der Waals surface area contributed by atoms with E-state index >= 15 is 0 Å². The van der Waals surface area contributed by atoms with Crippen LogP contribution in [0.3, 0.4) is 0 Å². The molecule has 28 heavy (non-hydrogen) atoms. The molecule has 0 aromatic heterocycles. The molecular formula is C18H18N4O6. The normalized spacial score (nSPS) is 11.6. The number of aliphatic imine (C=N–C) groups is 2. The number of nitrogens with one attached hydrogen (secondary N) is 2. The lowest BCUT2D eigenvalue weighted by molar-refractivity contribution is 0.0592. The third-order valence-electron chi connectivity index (χ3n) is 3.52. The number of amidine groups is 2. The summed E-state index contributed by atoms with van der Waals surface area (Å²) in [6.07, 6.45) is 0. The summed E-state index contributed by atoms with van der Waals surface area (Å²) in [6, 6.07) is 12.4. The molecule has 0 atom stereocenters. The molecule has 0 aliphatic carbocycles. The van der Waals surface area contributed by atoms with Crippen LogP contribution in [-0.2, 0) is 9.47 Å². The molecule has 2 aromatic rings. The van der Waals surface area contributed by atoms with Gasteiger partial charge in [-0.15, -0.1) is 0 Å². The monoisotopic (exact) mass is 386 g/mol. The fourth-order valence-electron chi connectivity index (χ4n) is 2.21. The maximum atomic E-state index is 11.9. The van der Waals surface area contributed by atoms with Gasteiger partial charge in [0, 0.05) is 0 Å². The molecule has 0 unspecified atom stereocenters. The van der Waals surface area contributed by atoms with Gasteiger partial charge >= 0.3 is 11.9 Å². The number of hydrogen-bond acceptors (Lipinski definition) is 8. The van der Waals surface area contributed by atoms with Crippen LogP contribution < -0.4 is 11.0 Å². The minimum absolute atomic E-state index is 0.130. The molecule has 0 fully saturated rings. The van der Waals surface area contributed by atoms with E-state index in [1.165, 1.54) is 38.5 Å². The molecule has 0 saturated heterocycles. The lowest BCUT2D eigenvalue weighted by atomic mass is 10.2. The molecule has 0 spiro atoms. The summed E-state index contributed by atoms with van der Waals surface area (Å²) in [7, 11) is 2.44. The highest BCUT2D eigenvalue weighted by Crippen LogP contribution is 2.22. The highest BCUT2D eigenvalue weighted by Gasteiger charge is 2.16. The number of esters is 2. The predicted molar refractivity (Wildman–Crippen MR) is 99.6 cm³/mol. The summed E-state index contributed by atoms with van der Waals surface area (Å²) < 4.78 is 9.38. The Balaban J connectivity index is 2.54. The topological polar surface area (TPSA) is 142 Å². The van der Waals surface area contributed by atoms with E-state index < -0.39 is 11.9 Å². The van der Waals surface area contributed by atoms with Crippen molar-refractivity contribution in [3.63, 3.8) is 0 Å². The summed E-state index contributed by atoms with van der Waals surface area (Å²) in [5, 5.41) is 18.9. The zero-order valence-electron chi connectivity index (χ0n) is 15.0. The first-order valence-electron chi connectivity index (χ1n) is 7.88. The first-order valence-corrected chi connectivity index (χ1v) is 7.88. The molecule has 4 N–H and O–H groups in total. The van der Waals surface area contributed by atoms with Gasteiger partial charge in [-0.25, -0.2) is 30.5 Å². The number of ether oxygens (including phenoxy) is 2. The number of rotatable bonds is 4. The zero-order chi connectivity index (χ0) is 20.5. The second-order valence-corrected chi connectivity index (χ2v) is 5.16. The van der Waals surface area contributed by atoms with Gasteiger partial charge in [-0.05, 0) is 24.3 Å². The first-order chi connectivity index (χ1) is 13.5. The van der Waals surface area contributed by atoms with Gasteiger partial charge in [-0.3, -0.25) is 10.4 Å². The smallest absolute Gasteiger partial charge is 0.340 e. The Kier molecular flexibility index (Phi) is 7.20. The molecule has 0 saturated carbocycles. The molecule has 10 nitrogen and oxygen atoms in total. The summed E-state index contributed by atoms with van der Waals surface area (Å²) >= 11 is 0. The van der Waals surface area contributed by atoms with Gasteiger partial charge < -0.3 is 9.47 Å². The van der Waals surface area contributed by atoms with Crippen molar-refractivity contribution in [3.8, 4) is 0 Å². The van der Waals surface area contributed by atoms with Gasteiger partial charge in [0.05, 0.1) is 36.7 Å². The number of nitrogens with zero attached hydrogens (tertiary/aromatic N) is 2. The summed E-state index contributed by atoms with van der Waals surface area (Å²) in [4.78, 5) is 31.9. The molecule has 0 aliphatic heterocycles. The number of methoxy groups -OCH3 is 2. The highest BCUT2D eigenvalue weighted by molar-refractivity contribution is 6.40. The van der Waals surface area contributed by atoms with Crippen molar-refractivity contribution >= 4 is 35.0 Å². The molecule has 0 amide bonds. The van der Waals surface area contributed by atoms with E-state index in [0.717, 1.165) is 0 Å². The van der Waals surface area contributed by atoms with Crippen molar-refractivity contribution < 1.29 is 29.5 Å². The van der Waals surface area contributed by atoms with E-state index in [1.54, 1.807) is 35.2 Å². The largest absolute Gasteiger partial charge is 0.465 e. The van der Waals surface area contributed by atoms with Crippen molar-refractivity contribution in [2.24, 2.45) is 9.98 Å². The van der Waals surface area contributed by atoms with E-state index in [9.17, 15) is 20.0 Å². The van der Waals surface area contributed by atoms with E-state index in [1.807, 2.05) is 0 Å². The SMILES string of the molecule is COC(=O)c1ccccc1N=C(NO)C(=Nc1ccccc1C(=O)OC)NO. The Morgan fingerprint density at radius 1 is 0.750 bits per heavy atom. The van der Waals surface area contributed by atoms with Crippen molar-refractivity contribution in [2.75, 3.05) is 14.2 Å². The van der Waals surface area contributed by atoms with Crippen molar-refractivity contribution in [3.05, 3.63) is 59.7 Å². The number of hydrogen-bond donors (Lipinski definition) is 4. The molecular weight excluding hydrogens is 368 g/mol. The van der Waals surface area contributed by atoms with Gasteiger partial charge in [-0.1, -0.05) is 24.3 Å². The third kappa shape index (κ3) is 4.69. The van der Waals surface area contributed by atoms with Crippen LogP contribution in [0.5, 0.6) is 0 Å². The Labute approximate surface area is 160 Å². The number of carbonyl (C=O) groups is 2. The summed E-state index contributed by atoms with van der Waals surface area (Å²) in [5.74, 6) is -1.91. The number of hydroxylamine groups is 2. The predicted octanol–water partition coefficient (Wildman–Crippen LogP) is 1.98. The van der Waals surface area contributed by atoms with E-state index in [-0.39, 0.29) is 34.2 Å². The lowest BCUT2D eigenvalue weighted by Crippen LogP contribution is -2.37. The molecule has 0 aliphatic rings. The highest BCUT2D eigenvalue weighted by atomic mass is 16.5. The van der Waals surface area contributed by atoms with Crippen molar-refractivity contribution in [1.82, 2.24) is 11.0 Å². The Morgan fingerprint density at radius 2 is 1.11 bits per heavy atom. The zero-order valence-corrected chi connectivity index (χ0v) is 15.0. The van der Waals surface area contributed by atoms with Crippen LogP contribution in [0.25, 0.3) is 0 Å². The molecule has 0 radical (unpaired) electrons. The van der Waals surface area contributed by atoms with E-state index in [2.05, 4.69) is 9.98 Å². The van der Waals surface area contributed by atoms with Gasteiger partial charge in [0.25, 0.3) is 0 Å². The van der Waals surface area contributed by atoms with Gasteiger partial charge in [-0.2, -0.15) is 0 Å². The van der Waals surface area contributed by atoms with Gasteiger partial charge in [0.1, 0.15) is 0 Å². The fraction of sp³-hybridized carbons (Fsp3) is 0.111. The van der Waals surface area contributed by atoms with Gasteiger partial charge in [0.2, 0.25) is 0 Å². The van der Waals surface area contributed by atoms with Crippen LogP contribution >= 0.6 is 0 Å². The molecule has 146 valence electrons. The third-order valence-corrected chi connectivity index (χ3v) is 3.52. The Bertz CT molecular complexity index is 850. The summed E-state index contributed by atoms with van der Waals surface area (Å²) in [5.41, 5.74) is 4.15. The molecule has 0 heterocycles. The standard InChI is InChI=1S/C18H18N4O6/c1-27-17(23)11-7-3-5-9-13(11)19-15(21-25)16(22-26)20-14-10-6-4-8-12(14)18(24)28-2/h3-10,25-26H,1-2H3,(H,19,21)(H,20,22). The minimum atomic E-state index is -0.636. The minimum Gasteiger partial charge on any atom is -0.465 e. The molecule has 2 rings (SSSR count). The maximum absolute atomic E-state index is 11.9. The maximum Gasteiger partial charge on any atom is 0.340 e. The molecule has 10 heteroatoms. The van der Waals surface area contributed by atoms with Crippen LogP contribution in [-0.4, -0.2) is 48.2 Å². The number of carbonyl (C=O) groups excluding carboxylic acids is 2. The average Bonchev–Trinajstić information content (AvgIpc) is 2.75. The van der Waals surface area contributed by atoms with Crippen LogP contribution in [0, 0.1) is 0 Å². The van der Waals surface area contributed by atoms with E-state index in [0.29, 0.717) is 0 Å².